The number of aliphatic hydroxyl groups excluding tert-OH is 1. The highest BCUT2D eigenvalue weighted by atomic mass is 16.3. The molecule has 0 radical (unpaired) electrons. The summed E-state index contributed by atoms with van der Waals surface area (Å²) in [6, 6.07) is 7.06. The lowest BCUT2D eigenvalue weighted by molar-refractivity contribution is 0.101. The summed E-state index contributed by atoms with van der Waals surface area (Å²) in [5.41, 5.74) is 1.51. The maximum absolute atomic E-state index is 11.0. The molecule has 3 nitrogen and oxygen atoms in total. The Hall–Kier alpha value is -1.35. The van der Waals surface area contributed by atoms with Gasteiger partial charge in [0.2, 0.25) is 0 Å². The summed E-state index contributed by atoms with van der Waals surface area (Å²) in [6.45, 7) is 3.42. The van der Waals surface area contributed by atoms with Crippen molar-refractivity contribution in [2.45, 2.75) is 26.5 Å². The van der Waals surface area contributed by atoms with Crippen LogP contribution in [0.25, 0.3) is 0 Å². The zero-order valence-corrected chi connectivity index (χ0v) is 8.45. The van der Waals surface area contributed by atoms with Gasteiger partial charge in [-0.05, 0) is 37.6 Å². The van der Waals surface area contributed by atoms with E-state index in [4.69, 9.17) is 0 Å². The average Bonchev–Trinajstić information content (AvgIpc) is 2.18. The van der Waals surface area contributed by atoms with Gasteiger partial charge >= 0.3 is 0 Å². The lowest BCUT2D eigenvalue weighted by Gasteiger charge is -2.11. The average molecular weight is 193 g/mol. The number of anilines is 1. The lowest BCUT2D eigenvalue weighted by Crippen LogP contribution is -2.16. The van der Waals surface area contributed by atoms with E-state index in [-0.39, 0.29) is 5.78 Å². The number of Topliss-reactive ketones (excluding diaryl/α,β-unsaturated/α-hetero) is 1. The van der Waals surface area contributed by atoms with Crippen molar-refractivity contribution in [2.24, 2.45) is 0 Å². The minimum Gasteiger partial charge on any atom is -0.374 e. The van der Waals surface area contributed by atoms with Gasteiger partial charge in [-0.3, -0.25) is 4.79 Å². The van der Waals surface area contributed by atoms with Gasteiger partial charge in [0.05, 0.1) is 0 Å². The Morgan fingerprint density at radius 1 is 1.43 bits per heavy atom. The molecule has 2 N–H and O–H groups in total. The highest BCUT2D eigenvalue weighted by molar-refractivity contribution is 5.94. The zero-order valence-electron chi connectivity index (χ0n) is 8.45. The summed E-state index contributed by atoms with van der Waals surface area (Å²) in [5.74, 6) is 0.0487. The molecule has 1 aromatic rings. The number of aliphatic hydroxyl groups is 1. The van der Waals surface area contributed by atoms with Gasteiger partial charge in [0, 0.05) is 11.3 Å². The molecule has 76 valence electrons. The Morgan fingerprint density at radius 2 is 2.00 bits per heavy atom. The van der Waals surface area contributed by atoms with E-state index in [1.54, 1.807) is 24.3 Å². The highest BCUT2D eigenvalue weighted by Gasteiger charge is 2.01. The molecule has 0 aliphatic rings. The van der Waals surface area contributed by atoms with Crippen LogP contribution < -0.4 is 5.32 Å². The quantitative estimate of drug-likeness (QED) is 0.568. The monoisotopic (exact) mass is 193 g/mol. The van der Waals surface area contributed by atoms with E-state index < -0.39 is 6.23 Å². The summed E-state index contributed by atoms with van der Waals surface area (Å²) in [6.07, 6.45) is 0.118. The third kappa shape index (κ3) is 2.85. The van der Waals surface area contributed by atoms with Crippen molar-refractivity contribution < 1.29 is 9.90 Å². The topological polar surface area (TPSA) is 49.3 Å². The second-order valence-electron chi connectivity index (χ2n) is 3.20. The zero-order chi connectivity index (χ0) is 10.6. The molecule has 0 aromatic heterocycles. The van der Waals surface area contributed by atoms with Crippen LogP contribution >= 0.6 is 0 Å². The Labute approximate surface area is 83.8 Å². The number of rotatable bonds is 4. The largest absolute Gasteiger partial charge is 0.374 e. The molecule has 0 aliphatic heterocycles. The number of nitrogens with one attached hydrogen (secondary N) is 1. The highest BCUT2D eigenvalue weighted by Crippen LogP contribution is 2.11. The number of carbonyl (C=O) groups excluding carboxylic acids is 1. The minimum absolute atomic E-state index is 0.0487. The fourth-order valence-corrected chi connectivity index (χ4v) is 1.10. The van der Waals surface area contributed by atoms with Gasteiger partial charge in [0.15, 0.2) is 5.78 Å². The first kappa shape index (κ1) is 10.7. The van der Waals surface area contributed by atoms with Crippen LogP contribution in [0.2, 0.25) is 0 Å². The normalized spacial score (nSPS) is 12.2. The number of ketones is 1. The van der Waals surface area contributed by atoms with Gasteiger partial charge in [-0.25, -0.2) is 0 Å². The maximum atomic E-state index is 11.0. The van der Waals surface area contributed by atoms with Crippen molar-refractivity contribution in [3.63, 3.8) is 0 Å². The lowest BCUT2D eigenvalue weighted by atomic mass is 10.1. The van der Waals surface area contributed by atoms with Crippen LogP contribution in [0.1, 0.15) is 30.6 Å². The second-order valence-corrected chi connectivity index (χ2v) is 3.20. The molecule has 1 aromatic carbocycles. The molecular formula is C11H15NO2. The van der Waals surface area contributed by atoms with Gasteiger partial charge in [-0.2, -0.15) is 0 Å². The smallest absolute Gasteiger partial charge is 0.159 e. The van der Waals surface area contributed by atoms with Gasteiger partial charge < -0.3 is 10.4 Å². The van der Waals surface area contributed by atoms with E-state index in [1.165, 1.54) is 6.92 Å². The minimum atomic E-state index is -0.529. The predicted molar refractivity (Wildman–Crippen MR) is 56.4 cm³/mol. The molecule has 0 spiro atoms. The third-order valence-corrected chi connectivity index (χ3v) is 2.01. The van der Waals surface area contributed by atoms with Gasteiger partial charge in [-0.15, -0.1) is 0 Å². The standard InChI is InChI=1S/C11H15NO2/c1-3-11(14)12-10-6-4-9(5-7-10)8(2)13/h4-7,11-12,14H,3H2,1-2H3. The van der Waals surface area contributed by atoms with Gasteiger partial charge in [0.1, 0.15) is 6.23 Å². The first-order chi connectivity index (χ1) is 6.63. The number of carbonyl (C=O) groups is 1. The van der Waals surface area contributed by atoms with Crippen molar-refractivity contribution >= 4 is 11.5 Å². The first-order valence-electron chi connectivity index (χ1n) is 4.69. The molecule has 0 fully saturated rings. The molecule has 0 bridgehead atoms. The van der Waals surface area contributed by atoms with Crippen molar-refractivity contribution in [1.29, 1.82) is 0 Å². The molecule has 0 amide bonds. The van der Waals surface area contributed by atoms with Crippen molar-refractivity contribution in [3.05, 3.63) is 29.8 Å². The first-order valence-corrected chi connectivity index (χ1v) is 4.69. The molecule has 0 saturated carbocycles. The van der Waals surface area contributed by atoms with Crippen LogP contribution in [0, 0.1) is 0 Å². The van der Waals surface area contributed by atoms with E-state index in [9.17, 15) is 9.90 Å². The SMILES string of the molecule is CCC(O)Nc1ccc(C(C)=O)cc1. The molecule has 3 heteroatoms. The summed E-state index contributed by atoms with van der Waals surface area (Å²) in [7, 11) is 0. The van der Waals surface area contributed by atoms with E-state index >= 15 is 0 Å². The van der Waals surface area contributed by atoms with E-state index in [0.717, 1.165) is 5.69 Å². The summed E-state index contributed by atoms with van der Waals surface area (Å²) >= 11 is 0. The van der Waals surface area contributed by atoms with Crippen LogP contribution in [0.5, 0.6) is 0 Å². The van der Waals surface area contributed by atoms with E-state index in [0.29, 0.717) is 12.0 Å². The third-order valence-electron chi connectivity index (χ3n) is 2.01. The molecule has 0 saturated heterocycles. The number of hydrogen-bond donors (Lipinski definition) is 2. The van der Waals surface area contributed by atoms with Crippen molar-refractivity contribution in [2.75, 3.05) is 5.32 Å². The molecular weight excluding hydrogens is 178 g/mol. The summed E-state index contributed by atoms with van der Waals surface area (Å²) < 4.78 is 0. The summed E-state index contributed by atoms with van der Waals surface area (Å²) in [5, 5.41) is 12.2. The molecule has 1 unspecified atom stereocenters. The Bertz CT molecular complexity index is 306. The maximum Gasteiger partial charge on any atom is 0.159 e. The van der Waals surface area contributed by atoms with Crippen molar-refractivity contribution in [1.82, 2.24) is 0 Å². The molecule has 1 rings (SSSR count). The molecule has 14 heavy (non-hydrogen) atoms. The van der Waals surface area contributed by atoms with E-state index in [1.807, 2.05) is 6.92 Å². The predicted octanol–water partition coefficient (Wildman–Crippen LogP) is 2.03. The molecule has 0 aliphatic carbocycles. The fourth-order valence-electron chi connectivity index (χ4n) is 1.10. The van der Waals surface area contributed by atoms with Gasteiger partial charge in [-0.1, -0.05) is 6.92 Å². The van der Waals surface area contributed by atoms with Crippen LogP contribution in [0.3, 0.4) is 0 Å². The number of benzene rings is 1. The van der Waals surface area contributed by atoms with Crippen molar-refractivity contribution in [3.8, 4) is 0 Å². The van der Waals surface area contributed by atoms with E-state index in [2.05, 4.69) is 5.32 Å². The number of hydrogen-bond acceptors (Lipinski definition) is 3. The Balaban J connectivity index is 2.68. The van der Waals surface area contributed by atoms with Gasteiger partial charge in [0.25, 0.3) is 0 Å². The van der Waals surface area contributed by atoms with Crippen LogP contribution in [-0.4, -0.2) is 17.1 Å². The Kier molecular flexibility index (Phi) is 3.65. The second kappa shape index (κ2) is 4.77. The van der Waals surface area contributed by atoms with Crippen LogP contribution in [-0.2, 0) is 0 Å². The summed E-state index contributed by atoms with van der Waals surface area (Å²) in [4.78, 5) is 11.0. The molecule has 1 atom stereocenters. The van der Waals surface area contributed by atoms with Crippen LogP contribution in [0.4, 0.5) is 5.69 Å². The van der Waals surface area contributed by atoms with Crippen LogP contribution in [0.15, 0.2) is 24.3 Å². The Morgan fingerprint density at radius 3 is 2.43 bits per heavy atom. The molecule has 0 heterocycles. The fraction of sp³-hybridized carbons (Fsp3) is 0.364.